The van der Waals surface area contributed by atoms with E-state index in [1.54, 1.807) is 60.7 Å². The molecule has 0 spiro atoms. The molecule has 1 aliphatic rings. The predicted molar refractivity (Wildman–Crippen MR) is 187 cm³/mol. The van der Waals surface area contributed by atoms with Crippen molar-refractivity contribution >= 4 is 45.7 Å². The Morgan fingerprint density at radius 3 is 2.49 bits per heavy atom. The van der Waals surface area contributed by atoms with Gasteiger partial charge in [-0.3, -0.25) is 14.5 Å². The Morgan fingerprint density at radius 1 is 0.959 bits per heavy atom. The smallest absolute Gasteiger partial charge is 0.301 e. The van der Waals surface area contributed by atoms with Crippen molar-refractivity contribution in [3.05, 3.63) is 130 Å². The lowest BCUT2D eigenvalue weighted by Gasteiger charge is -2.23. The molecule has 12 heteroatoms. The SMILES string of the molecule is CCOc1ccc(C2C(=C(O)c3ccc(OCc4cccc(C)c4)cc3)C(=O)C(=O)N2c2nnc(SCc3ccccc3F)s2)cc1OC. The minimum Gasteiger partial charge on any atom is -0.507 e. The van der Waals surface area contributed by atoms with Crippen LogP contribution in [0, 0.1) is 12.7 Å². The van der Waals surface area contributed by atoms with Crippen LogP contribution in [-0.2, 0) is 21.9 Å². The molecular formula is C37H32FN3O6S2. The number of hydrogen-bond acceptors (Lipinski definition) is 10. The predicted octanol–water partition coefficient (Wildman–Crippen LogP) is 7.89. The van der Waals surface area contributed by atoms with Crippen LogP contribution >= 0.6 is 23.1 Å². The van der Waals surface area contributed by atoms with Crippen molar-refractivity contribution in [3.63, 3.8) is 0 Å². The van der Waals surface area contributed by atoms with E-state index in [0.717, 1.165) is 22.5 Å². The van der Waals surface area contributed by atoms with E-state index < -0.39 is 17.7 Å². The van der Waals surface area contributed by atoms with E-state index in [9.17, 15) is 19.1 Å². The van der Waals surface area contributed by atoms with Crippen molar-refractivity contribution in [2.24, 2.45) is 0 Å². The number of carbonyl (C=O) groups is 2. The molecule has 0 bridgehead atoms. The molecule has 0 radical (unpaired) electrons. The average Bonchev–Trinajstić information content (AvgIpc) is 3.68. The van der Waals surface area contributed by atoms with E-state index in [1.807, 2.05) is 38.1 Å². The van der Waals surface area contributed by atoms with Gasteiger partial charge < -0.3 is 19.3 Å². The van der Waals surface area contributed by atoms with Crippen LogP contribution in [0.5, 0.6) is 17.2 Å². The molecular weight excluding hydrogens is 666 g/mol. The number of Topliss-reactive ketones (excluding diaryl/α,β-unsaturated/α-hetero) is 1. The number of rotatable bonds is 12. The molecule has 6 rings (SSSR count). The summed E-state index contributed by atoms with van der Waals surface area (Å²) in [7, 11) is 1.49. The summed E-state index contributed by atoms with van der Waals surface area (Å²) in [6, 6.07) is 25.1. The summed E-state index contributed by atoms with van der Waals surface area (Å²) < 4.78 is 31.9. The van der Waals surface area contributed by atoms with E-state index >= 15 is 0 Å². The fraction of sp³-hybridized carbons (Fsp3) is 0.189. The molecule has 9 nitrogen and oxygen atoms in total. The number of benzene rings is 4. The second kappa shape index (κ2) is 14.9. The van der Waals surface area contributed by atoms with Gasteiger partial charge in [-0.25, -0.2) is 4.39 Å². The molecule has 1 unspecified atom stereocenters. The number of thioether (sulfide) groups is 1. The van der Waals surface area contributed by atoms with Gasteiger partial charge in [-0.15, -0.1) is 10.2 Å². The minimum atomic E-state index is -1.07. The highest BCUT2D eigenvalue weighted by Gasteiger charge is 2.48. The maximum atomic E-state index is 14.2. The lowest BCUT2D eigenvalue weighted by atomic mass is 9.95. The summed E-state index contributed by atoms with van der Waals surface area (Å²) in [4.78, 5) is 28.7. The lowest BCUT2D eigenvalue weighted by molar-refractivity contribution is -0.132. The van der Waals surface area contributed by atoms with E-state index in [4.69, 9.17) is 14.2 Å². The van der Waals surface area contributed by atoms with Crippen LogP contribution in [-0.4, -0.2) is 40.7 Å². The number of aliphatic hydroxyl groups excluding tert-OH is 1. The van der Waals surface area contributed by atoms with Gasteiger partial charge in [-0.05, 0) is 73.0 Å². The third-order valence-electron chi connectivity index (χ3n) is 7.77. The normalized spacial score (nSPS) is 15.4. The Morgan fingerprint density at radius 2 is 1.76 bits per heavy atom. The third kappa shape index (κ3) is 7.30. The number of methoxy groups -OCH3 is 1. The van der Waals surface area contributed by atoms with Crippen LogP contribution in [0.2, 0.25) is 0 Å². The van der Waals surface area contributed by atoms with Crippen molar-refractivity contribution < 1.29 is 33.3 Å². The number of ether oxygens (including phenoxy) is 3. The largest absolute Gasteiger partial charge is 0.507 e. The molecule has 1 amide bonds. The van der Waals surface area contributed by atoms with Crippen LogP contribution in [0.15, 0.2) is 101 Å². The molecule has 1 fully saturated rings. The summed E-state index contributed by atoms with van der Waals surface area (Å²) in [5, 5.41) is 20.3. The summed E-state index contributed by atoms with van der Waals surface area (Å²) in [6.45, 7) is 4.62. The first-order valence-electron chi connectivity index (χ1n) is 15.4. The highest BCUT2D eigenvalue weighted by molar-refractivity contribution is 8.00. The first-order chi connectivity index (χ1) is 23.8. The highest BCUT2D eigenvalue weighted by atomic mass is 32.2. The highest BCUT2D eigenvalue weighted by Crippen LogP contribution is 2.45. The first-order valence-corrected chi connectivity index (χ1v) is 17.2. The van der Waals surface area contributed by atoms with E-state index in [0.29, 0.717) is 57.2 Å². The summed E-state index contributed by atoms with van der Waals surface area (Å²) in [5.41, 5.74) is 3.32. The maximum absolute atomic E-state index is 14.2. The topological polar surface area (TPSA) is 111 Å². The summed E-state index contributed by atoms with van der Waals surface area (Å²) in [6.07, 6.45) is 0. The van der Waals surface area contributed by atoms with E-state index in [2.05, 4.69) is 10.2 Å². The number of anilines is 1. The first kappa shape index (κ1) is 33.7. The zero-order chi connectivity index (χ0) is 34.5. The fourth-order valence-corrected chi connectivity index (χ4v) is 7.27. The molecule has 1 atom stereocenters. The summed E-state index contributed by atoms with van der Waals surface area (Å²) in [5.74, 6) is -0.716. The summed E-state index contributed by atoms with van der Waals surface area (Å²) >= 11 is 2.35. The van der Waals surface area contributed by atoms with Crippen molar-refractivity contribution in [3.8, 4) is 17.2 Å². The molecule has 1 saturated heterocycles. The number of aliphatic hydroxyl groups is 1. The second-order valence-corrected chi connectivity index (χ2v) is 13.2. The third-order valence-corrected chi connectivity index (χ3v) is 9.88. The zero-order valence-corrected chi connectivity index (χ0v) is 28.5. The number of carbonyl (C=O) groups excluding carboxylic acids is 2. The molecule has 5 aromatic rings. The van der Waals surface area contributed by atoms with Gasteiger partial charge in [0.1, 0.15) is 23.9 Å². The van der Waals surface area contributed by atoms with Gasteiger partial charge in [0, 0.05) is 11.3 Å². The van der Waals surface area contributed by atoms with Gasteiger partial charge in [0.15, 0.2) is 15.8 Å². The second-order valence-electron chi connectivity index (χ2n) is 11.0. The quantitative estimate of drug-likeness (QED) is 0.0458. The Labute approximate surface area is 291 Å². The van der Waals surface area contributed by atoms with Crippen LogP contribution in [0.3, 0.4) is 0 Å². The van der Waals surface area contributed by atoms with Crippen LogP contribution < -0.4 is 19.1 Å². The van der Waals surface area contributed by atoms with Crippen LogP contribution in [0.25, 0.3) is 5.76 Å². The molecule has 49 heavy (non-hydrogen) atoms. The fourth-order valence-electron chi connectivity index (χ4n) is 5.42. The number of ketones is 1. The molecule has 2 heterocycles. The molecule has 250 valence electrons. The monoisotopic (exact) mass is 697 g/mol. The molecule has 0 saturated carbocycles. The standard InChI is InChI=1S/C37H32FN3O6S2/c1-4-46-29-17-14-25(19-30(29)45-3)32-31(33(42)24-12-15-27(16-13-24)47-20-23-9-7-8-22(2)18-23)34(43)35(44)41(32)36-39-40-37(49-36)48-21-26-10-5-6-11-28(26)38/h5-19,32,42H,4,20-21H2,1-3H3. The van der Waals surface area contributed by atoms with E-state index in [-0.39, 0.29) is 22.3 Å². The minimum absolute atomic E-state index is 0.125. The van der Waals surface area contributed by atoms with Crippen molar-refractivity contribution in [1.29, 1.82) is 0 Å². The zero-order valence-electron chi connectivity index (χ0n) is 26.9. The number of aromatic nitrogens is 2. The van der Waals surface area contributed by atoms with Crippen molar-refractivity contribution in [2.45, 2.75) is 36.6 Å². The molecule has 0 aliphatic carbocycles. The van der Waals surface area contributed by atoms with Crippen molar-refractivity contribution in [1.82, 2.24) is 10.2 Å². The Balaban J connectivity index is 1.35. The number of hydrogen-bond donors (Lipinski definition) is 1. The maximum Gasteiger partial charge on any atom is 0.301 e. The molecule has 4 aromatic carbocycles. The molecule has 1 aliphatic heterocycles. The van der Waals surface area contributed by atoms with Gasteiger partial charge in [0.05, 0.1) is 25.3 Å². The number of aryl methyl sites for hydroxylation is 1. The van der Waals surface area contributed by atoms with Gasteiger partial charge in [0.2, 0.25) is 5.13 Å². The Kier molecular flexibility index (Phi) is 10.3. The average molecular weight is 698 g/mol. The Hall–Kier alpha value is -5.20. The Bertz CT molecular complexity index is 2030. The number of halogens is 1. The van der Waals surface area contributed by atoms with Gasteiger partial charge in [-0.2, -0.15) is 0 Å². The number of amides is 1. The van der Waals surface area contributed by atoms with Crippen LogP contribution in [0.1, 0.15) is 40.8 Å². The lowest BCUT2D eigenvalue weighted by Crippen LogP contribution is -2.29. The van der Waals surface area contributed by atoms with Gasteiger partial charge >= 0.3 is 5.91 Å². The molecule has 1 N–H and O–H groups in total. The van der Waals surface area contributed by atoms with Crippen LogP contribution in [0.4, 0.5) is 9.52 Å². The van der Waals surface area contributed by atoms with Gasteiger partial charge in [0.25, 0.3) is 5.78 Å². The van der Waals surface area contributed by atoms with Gasteiger partial charge in [-0.1, -0.05) is 77.2 Å². The van der Waals surface area contributed by atoms with Crippen molar-refractivity contribution in [2.75, 3.05) is 18.6 Å². The number of nitrogens with zero attached hydrogens (tertiary/aromatic N) is 3. The van der Waals surface area contributed by atoms with E-state index in [1.165, 1.54) is 29.8 Å². The molecule has 1 aromatic heterocycles.